The molecule has 0 unspecified atom stereocenters. The minimum atomic E-state index is -4.13. The number of benzene rings is 2. The fourth-order valence-electron chi connectivity index (χ4n) is 2.25. The lowest BCUT2D eigenvalue weighted by Crippen LogP contribution is -2.48. The lowest BCUT2D eigenvalue weighted by Gasteiger charge is -2.20. The molecule has 0 spiro atoms. The summed E-state index contributed by atoms with van der Waals surface area (Å²) in [7, 11) is -4.13. The van der Waals surface area contributed by atoms with Crippen LogP contribution in [0.4, 0.5) is 5.69 Å². The second kappa shape index (κ2) is 9.84. The van der Waals surface area contributed by atoms with Crippen LogP contribution in [0, 0.1) is 6.92 Å². The molecule has 0 aromatic heterocycles. The van der Waals surface area contributed by atoms with Crippen LogP contribution < -0.4 is 10.0 Å². The molecule has 0 heterocycles. The van der Waals surface area contributed by atoms with Gasteiger partial charge in [-0.3, -0.25) is 9.59 Å². The number of carbonyl (C=O) groups excluding carboxylic acids is 2. The van der Waals surface area contributed by atoms with Crippen LogP contribution in [0.5, 0.6) is 0 Å². The van der Waals surface area contributed by atoms with Gasteiger partial charge < -0.3 is 15.2 Å². The highest BCUT2D eigenvalue weighted by atomic mass is 35.5. The van der Waals surface area contributed by atoms with Crippen LogP contribution in [0.25, 0.3) is 0 Å². The number of nitrogens with one attached hydrogen (secondary N) is 2. The number of anilines is 1. The smallest absolute Gasteiger partial charge is 0.327 e. The molecule has 8 nitrogen and oxygen atoms in total. The molecule has 0 fully saturated rings. The van der Waals surface area contributed by atoms with Crippen LogP contribution in [-0.2, 0) is 24.3 Å². The average molecular weight is 441 g/mol. The topological polar surface area (TPSA) is 122 Å². The highest BCUT2D eigenvalue weighted by Gasteiger charge is 2.31. The van der Waals surface area contributed by atoms with Gasteiger partial charge >= 0.3 is 5.97 Å². The Bertz CT molecular complexity index is 959. The van der Waals surface area contributed by atoms with Crippen molar-refractivity contribution in [2.75, 3.05) is 11.9 Å². The van der Waals surface area contributed by atoms with Gasteiger partial charge in [-0.2, -0.15) is 4.72 Å². The highest BCUT2D eigenvalue weighted by molar-refractivity contribution is 7.89. The van der Waals surface area contributed by atoms with Gasteiger partial charge in [0.2, 0.25) is 10.0 Å². The predicted molar refractivity (Wildman–Crippen MR) is 108 cm³/mol. The summed E-state index contributed by atoms with van der Waals surface area (Å²) in [4.78, 5) is 24.0. The molecule has 0 saturated heterocycles. The number of amides is 1. The van der Waals surface area contributed by atoms with Crippen molar-refractivity contribution < 1.29 is 27.9 Å². The van der Waals surface area contributed by atoms with E-state index >= 15 is 0 Å². The Labute approximate surface area is 173 Å². The van der Waals surface area contributed by atoms with Crippen molar-refractivity contribution in [1.82, 2.24) is 4.72 Å². The van der Waals surface area contributed by atoms with Crippen molar-refractivity contribution in [3.63, 3.8) is 0 Å². The number of esters is 1. The molecular formula is C19H21ClN2O6S. The normalized spacial score (nSPS) is 13.4. The van der Waals surface area contributed by atoms with Gasteiger partial charge in [-0.15, -0.1) is 0 Å². The molecule has 2 aromatic carbocycles. The Balaban J connectivity index is 1.99. The van der Waals surface area contributed by atoms with Crippen LogP contribution in [0.15, 0.2) is 53.4 Å². The standard InChI is InChI=1S/C19H21ClN2O6S/c1-12-3-7-15(8-4-12)21-17(24)11-28-19(25)18(13(2)23)22-29(26,27)16-9-5-14(20)6-10-16/h3-10,13,18,22-23H,11H2,1-2H3,(H,21,24)/t13-,18-/m1/s1. The molecule has 10 heteroatoms. The van der Waals surface area contributed by atoms with Crippen molar-refractivity contribution >= 4 is 39.2 Å². The summed E-state index contributed by atoms with van der Waals surface area (Å²) in [5.74, 6) is -1.69. The zero-order chi connectivity index (χ0) is 21.6. The third-order valence-electron chi connectivity index (χ3n) is 3.82. The number of halogens is 1. The lowest BCUT2D eigenvalue weighted by molar-refractivity contribution is -0.151. The predicted octanol–water partition coefficient (Wildman–Crippen LogP) is 1.86. The van der Waals surface area contributed by atoms with Gasteiger partial charge in [0.1, 0.15) is 6.04 Å². The molecule has 0 radical (unpaired) electrons. The molecule has 0 saturated carbocycles. The monoisotopic (exact) mass is 440 g/mol. The Morgan fingerprint density at radius 2 is 1.69 bits per heavy atom. The van der Waals surface area contributed by atoms with Crippen LogP contribution in [0.3, 0.4) is 0 Å². The number of hydrogen-bond donors (Lipinski definition) is 3. The Kier molecular flexibility index (Phi) is 7.74. The number of rotatable bonds is 8. The number of aliphatic hydroxyl groups is 1. The molecule has 0 bridgehead atoms. The molecule has 0 aliphatic rings. The van der Waals surface area contributed by atoms with E-state index in [0.29, 0.717) is 10.7 Å². The molecule has 0 aliphatic heterocycles. The molecule has 0 aliphatic carbocycles. The Morgan fingerprint density at radius 1 is 1.10 bits per heavy atom. The van der Waals surface area contributed by atoms with E-state index in [0.717, 1.165) is 5.56 Å². The maximum atomic E-state index is 12.4. The first-order valence-corrected chi connectivity index (χ1v) is 10.4. The maximum Gasteiger partial charge on any atom is 0.327 e. The average Bonchev–Trinajstić information content (AvgIpc) is 2.66. The zero-order valence-corrected chi connectivity index (χ0v) is 17.3. The van der Waals surface area contributed by atoms with E-state index in [9.17, 15) is 23.1 Å². The molecule has 2 aromatic rings. The highest BCUT2D eigenvalue weighted by Crippen LogP contribution is 2.15. The molecule has 156 valence electrons. The second-order valence-corrected chi connectivity index (χ2v) is 8.47. The number of ether oxygens (including phenoxy) is 1. The van der Waals surface area contributed by atoms with Gasteiger partial charge in [0.25, 0.3) is 5.91 Å². The van der Waals surface area contributed by atoms with Crippen molar-refractivity contribution in [3.8, 4) is 0 Å². The molecule has 29 heavy (non-hydrogen) atoms. The lowest BCUT2D eigenvalue weighted by atomic mass is 10.2. The number of aryl methyl sites for hydroxylation is 1. The molecule has 3 N–H and O–H groups in total. The van der Waals surface area contributed by atoms with E-state index in [1.807, 2.05) is 6.92 Å². The third-order valence-corrected chi connectivity index (χ3v) is 5.53. The summed E-state index contributed by atoms with van der Waals surface area (Å²) >= 11 is 5.74. The second-order valence-electron chi connectivity index (χ2n) is 6.32. The zero-order valence-electron chi connectivity index (χ0n) is 15.8. The third kappa shape index (κ3) is 6.82. The molecule has 2 rings (SSSR count). The van der Waals surface area contributed by atoms with E-state index in [4.69, 9.17) is 16.3 Å². The van der Waals surface area contributed by atoms with E-state index < -0.39 is 40.7 Å². The maximum absolute atomic E-state index is 12.4. The van der Waals surface area contributed by atoms with Gasteiger partial charge in [-0.05, 0) is 50.2 Å². The van der Waals surface area contributed by atoms with Gasteiger partial charge in [0.15, 0.2) is 6.61 Å². The van der Waals surface area contributed by atoms with Crippen LogP contribution in [0.1, 0.15) is 12.5 Å². The van der Waals surface area contributed by atoms with E-state index in [2.05, 4.69) is 10.0 Å². The fraction of sp³-hybridized carbons (Fsp3) is 0.263. The minimum absolute atomic E-state index is 0.141. The number of sulfonamides is 1. The van der Waals surface area contributed by atoms with E-state index in [-0.39, 0.29) is 4.90 Å². The van der Waals surface area contributed by atoms with Crippen molar-refractivity contribution in [1.29, 1.82) is 0 Å². The van der Waals surface area contributed by atoms with Crippen molar-refractivity contribution in [2.45, 2.75) is 30.9 Å². The molecule has 2 atom stereocenters. The molecule has 1 amide bonds. The fourth-order valence-corrected chi connectivity index (χ4v) is 3.64. The largest absolute Gasteiger partial charge is 0.454 e. The summed E-state index contributed by atoms with van der Waals surface area (Å²) in [6.45, 7) is 2.48. The number of aliphatic hydroxyl groups excluding tert-OH is 1. The quantitative estimate of drug-likeness (QED) is 0.538. The minimum Gasteiger partial charge on any atom is -0.454 e. The van der Waals surface area contributed by atoms with Crippen LogP contribution in [0.2, 0.25) is 5.02 Å². The van der Waals surface area contributed by atoms with E-state index in [1.54, 1.807) is 24.3 Å². The van der Waals surface area contributed by atoms with Gasteiger partial charge in [0.05, 0.1) is 11.0 Å². The summed E-state index contributed by atoms with van der Waals surface area (Å²) in [5, 5.41) is 12.7. The Morgan fingerprint density at radius 3 is 2.24 bits per heavy atom. The Hall–Kier alpha value is -2.46. The summed E-state index contributed by atoms with van der Waals surface area (Å²) in [6.07, 6.45) is -1.40. The van der Waals surface area contributed by atoms with Gasteiger partial charge in [-0.25, -0.2) is 8.42 Å². The summed E-state index contributed by atoms with van der Waals surface area (Å²) < 4.78 is 31.8. The SMILES string of the molecule is Cc1ccc(NC(=O)COC(=O)[C@H](NS(=O)(=O)c2ccc(Cl)cc2)[C@@H](C)O)cc1. The first-order chi connectivity index (χ1) is 13.6. The first kappa shape index (κ1) is 22.8. The summed E-state index contributed by atoms with van der Waals surface area (Å²) in [6, 6.07) is 10.6. The first-order valence-electron chi connectivity index (χ1n) is 8.57. The molecular weight excluding hydrogens is 420 g/mol. The van der Waals surface area contributed by atoms with Crippen LogP contribution >= 0.6 is 11.6 Å². The van der Waals surface area contributed by atoms with E-state index in [1.165, 1.54) is 31.2 Å². The van der Waals surface area contributed by atoms with Crippen molar-refractivity contribution in [3.05, 3.63) is 59.1 Å². The number of carbonyl (C=O) groups is 2. The number of hydrogen-bond acceptors (Lipinski definition) is 6. The van der Waals surface area contributed by atoms with Gasteiger partial charge in [0, 0.05) is 10.7 Å². The van der Waals surface area contributed by atoms with Crippen LogP contribution in [-0.4, -0.2) is 44.2 Å². The van der Waals surface area contributed by atoms with Crippen molar-refractivity contribution in [2.24, 2.45) is 0 Å². The van der Waals surface area contributed by atoms with Gasteiger partial charge in [-0.1, -0.05) is 29.3 Å². The summed E-state index contributed by atoms with van der Waals surface area (Å²) in [5.41, 5.74) is 1.54.